The molecule has 0 saturated carbocycles. The van der Waals surface area contributed by atoms with Gasteiger partial charge in [0.25, 0.3) is 10.0 Å². The fraction of sp³-hybridized carbons (Fsp3) is 0.355. The lowest BCUT2D eigenvalue weighted by Crippen LogP contribution is -2.54. The molecule has 1 N–H and O–H groups in total. The molecular formula is C31H38BrN3O4S. The number of rotatable bonds is 13. The number of nitrogens with zero attached hydrogens (tertiary/aromatic N) is 2. The summed E-state index contributed by atoms with van der Waals surface area (Å²) in [6, 6.07) is 22.3. The van der Waals surface area contributed by atoms with Crippen molar-refractivity contribution in [3.63, 3.8) is 0 Å². The van der Waals surface area contributed by atoms with Gasteiger partial charge in [0.15, 0.2) is 0 Å². The van der Waals surface area contributed by atoms with Gasteiger partial charge < -0.3 is 10.2 Å². The van der Waals surface area contributed by atoms with E-state index in [-0.39, 0.29) is 23.4 Å². The summed E-state index contributed by atoms with van der Waals surface area (Å²) in [5.41, 5.74) is 2.30. The van der Waals surface area contributed by atoms with Crippen LogP contribution in [0.4, 0.5) is 5.69 Å². The Morgan fingerprint density at radius 3 is 2.20 bits per heavy atom. The maximum absolute atomic E-state index is 14.1. The standard InChI is InChI=1S/C31H38BrN3O4S/c1-5-24(4)33-31(37)29(6-2)34(20-19-25-11-8-7-9-12-25)30(36)22-35(27-14-10-13-26(32)21-27)40(38,39)28-17-15-23(3)16-18-28/h7-18,21,24,29H,5-6,19-20,22H2,1-4H3,(H,33,37). The Bertz CT molecular complexity index is 1380. The van der Waals surface area contributed by atoms with E-state index in [0.717, 1.165) is 21.9 Å². The number of sulfonamides is 1. The zero-order chi connectivity index (χ0) is 29.3. The molecule has 0 heterocycles. The minimum Gasteiger partial charge on any atom is -0.352 e. The number of anilines is 1. The largest absolute Gasteiger partial charge is 0.352 e. The topological polar surface area (TPSA) is 86.8 Å². The van der Waals surface area contributed by atoms with Crippen LogP contribution >= 0.6 is 15.9 Å². The van der Waals surface area contributed by atoms with Gasteiger partial charge in [-0.25, -0.2) is 8.42 Å². The van der Waals surface area contributed by atoms with Crippen molar-refractivity contribution >= 4 is 43.5 Å². The second-order valence-corrected chi connectivity index (χ2v) is 12.6. The van der Waals surface area contributed by atoms with Gasteiger partial charge in [-0.15, -0.1) is 0 Å². The van der Waals surface area contributed by atoms with Crippen LogP contribution in [0.5, 0.6) is 0 Å². The van der Waals surface area contributed by atoms with Gasteiger partial charge in [-0.05, 0) is 69.0 Å². The number of halogens is 1. The van der Waals surface area contributed by atoms with Crippen LogP contribution in [0.1, 0.15) is 44.7 Å². The van der Waals surface area contributed by atoms with E-state index in [0.29, 0.717) is 23.0 Å². The number of carbonyl (C=O) groups is 2. The van der Waals surface area contributed by atoms with Crippen molar-refractivity contribution in [2.45, 2.75) is 63.9 Å². The molecule has 0 aliphatic heterocycles. The lowest BCUT2D eigenvalue weighted by Gasteiger charge is -2.33. The van der Waals surface area contributed by atoms with E-state index in [9.17, 15) is 18.0 Å². The van der Waals surface area contributed by atoms with Crippen molar-refractivity contribution in [1.29, 1.82) is 0 Å². The van der Waals surface area contributed by atoms with Gasteiger partial charge in [-0.3, -0.25) is 13.9 Å². The summed E-state index contributed by atoms with van der Waals surface area (Å²) in [7, 11) is -4.09. The molecule has 3 aromatic carbocycles. The van der Waals surface area contributed by atoms with E-state index in [1.807, 2.05) is 58.0 Å². The van der Waals surface area contributed by atoms with Crippen molar-refractivity contribution in [3.8, 4) is 0 Å². The molecule has 214 valence electrons. The minimum absolute atomic E-state index is 0.0484. The van der Waals surface area contributed by atoms with E-state index in [1.165, 1.54) is 4.90 Å². The van der Waals surface area contributed by atoms with E-state index in [4.69, 9.17) is 0 Å². The predicted molar refractivity (Wildman–Crippen MR) is 164 cm³/mol. The summed E-state index contributed by atoms with van der Waals surface area (Å²) in [5, 5.41) is 3.00. The van der Waals surface area contributed by atoms with Crippen molar-refractivity contribution in [3.05, 3.63) is 94.5 Å². The van der Waals surface area contributed by atoms with Crippen LogP contribution in [0.3, 0.4) is 0 Å². The highest BCUT2D eigenvalue weighted by Gasteiger charge is 2.33. The third kappa shape index (κ3) is 8.17. The number of benzene rings is 3. The van der Waals surface area contributed by atoms with Gasteiger partial charge in [0.1, 0.15) is 12.6 Å². The van der Waals surface area contributed by atoms with Crippen molar-refractivity contribution < 1.29 is 18.0 Å². The summed E-state index contributed by atoms with van der Waals surface area (Å²) in [6.07, 6.45) is 1.68. The predicted octanol–water partition coefficient (Wildman–Crippen LogP) is 5.72. The van der Waals surface area contributed by atoms with E-state index < -0.39 is 28.5 Å². The van der Waals surface area contributed by atoms with E-state index in [1.54, 1.807) is 48.5 Å². The Hall–Kier alpha value is -3.17. The van der Waals surface area contributed by atoms with Crippen LogP contribution in [-0.2, 0) is 26.0 Å². The Labute approximate surface area is 246 Å². The summed E-state index contributed by atoms with van der Waals surface area (Å²) in [6.45, 7) is 7.46. The Morgan fingerprint density at radius 2 is 1.60 bits per heavy atom. The van der Waals surface area contributed by atoms with Crippen LogP contribution in [0, 0.1) is 6.92 Å². The minimum atomic E-state index is -4.09. The highest BCUT2D eigenvalue weighted by molar-refractivity contribution is 9.10. The molecule has 0 saturated heterocycles. The van der Waals surface area contributed by atoms with Crippen LogP contribution in [0.25, 0.3) is 0 Å². The molecule has 0 bridgehead atoms. The number of aryl methyl sites for hydroxylation is 1. The first-order valence-electron chi connectivity index (χ1n) is 13.6. The van der Waals surface area contributed by atoms with Crippen LogP contribution in [-0.4, -0.2) is 50.3 Å². The molecule has 2 unspecified atom stereocenters. The molecule has 3 rings (SSSR count). The molecule has 0 aliphatic rings. The maximum atomic E-state index is 14.1. The molecule has 3 aromatic rings. The second-order valence-electron chi connectivity index (χ2n) is 9.87. The number of carbonyl (C=O) groups excluding carboxylic acids is 2. The molecule has 2 atom stereocenters. The molecule has 40 heavy (non-hydrogen) atoms. The molecule has 0 spiro atoms. The van der Waals surface area contributed by atoms with Crippen molar-refractivity contribution in [2.24, 2.45) is 0 Å². The van der Waals surface area contributed by atoms with Crippen molar-refractivity contribution in [1.82, 2.24) is 10.2 Å². The lowest BCUT2D eigenvalue weighted by atomic mass is 10.1. The Balaban J connectivity index is 2.01. The van der Waals surface area contributed by atoms with Gasteiger partial charge in [0.2, 0.25) is 11.8 Å². The van der Waals surface area contributed by atoms with Gasteiger partial charge in [-0.2, -0.15) is 0 Å². The molecule has 0 aliphatic carbocycles. The first-order valence-corrected chi connectivity index (χ1v) is 15.8. The molecule has 9 heteroatoms. The third-order valence-electron chi connectivity index (χ3n) is 6.86. The monoisotopic (exact) mass is 627 g/mol. The highest BCUT2D eigenvalue weighted by Crippen LogP contribution is 2.27. The smallest absolute Gasteiger partial charge is 0.264 e. The fourth-order valence-corrected chi connectivity index (χ4v) is 6.13. The normalized spacial score (nSPS) is 12.8. The molecule has 0 fully saturated rings. The number of hydrogen-bond donors (Lipinski definition) is 1. The SMILES string of the molecule is CCC(C)NC(=O)C(CC)N(CCc1ccccc1)C(=O)CN(c1cccc(Br)c1)S(=O)(=O)c1ccc(C)cc1. The average Bonchev–Trinajstić information content (AvgIpc) is 2.94. The number of nitrogens with one attached hydrogen (secondary N) is 1. The Kier molecular flexibility index (Phi) is 11.3. The zero-order valence-electron chi connectivity index (χ0n) is 23.5. The molecule has 7 nitrogen and oxygen atoms in total. The van der Waals surface area contributed by atoms with Crippen LogP contribution < -0.4 is 9.62 Å². The molecule has 0 aromatic heterocycles. The van der Waals surface area contributed by atoms with Gasteiger partial charge in [0.05, 0.1) is 10.6 Å². The highest BCUT2D eigenvalue weighted by atomic mass is 79.9. The molecular weight excluding hydrogens is 590 g/mol. The second kappa shape index (κ2) is 14.5. The van der Waals surface area contributed by atoms with Gasteiger partial charge in [-0.1, -0.05) is 83.9 Å². The quantitative estimate of drug-likeness (QED) is 0.263. The number of amides is 2. The lowest BCUT2D eigenvalue weighted by molar-refractivity contribution is -0.139. The first kappa shape index (κ1) is 31.4. The fourth-order valence-electron chi connectivity index (χ4n) is 4.33. The summed E-state index contributed by atoms with van der Waals surface area (Å²) in [5.74, 6) is -0.689. The summed E-state index contributed by atoms with van der Waals surface area (Å²) in [4.78, 5) is 29.0. The maximum Gasteiger partial charge on any atom is 0.264 e. The van der Waals surface area contributed by atoms with Crippen LogP contribution in [0.2, 0.25) is 0 Å². The third-order valence-corrected chi connectivity index (χ3v) is 9.14. The van der Waals surface area contributed by atoms with Gasteiger partial charge in [0, 0.05) is 17.1 Å². The first-order chi connectivity index (χ1) is 19.1. The van der Waals surface area contributed by atoms with E-state index >= 15 is 0 Å². The molecule has 2 amide bonds. The number of hydrogen-bond acceptors (Lipinski definition) is 4. The van der Waals surface area contributed by atoms with Gasteiger partial charge >= 0.3 is 0 Å². The molecule has 0 radical (unpaired) electrons. The van der Waals surface area contributed by atoms with Crippen LogP contribution in [0.15, 0.2) is 88.2 Å². The zero-order valence-corrected chi connectivity index (χ0v) is 25.9. The Morgan fingerprint density at radius 1 is 0.925 bits per heavy atom. The summed E-state index contributed by atoms with van der Waals surface area (Å²) < 4.78 is 29.6. The van der Waals surface area contributed by atoms with E-state index in [2.05, 4.69) is 21.2 Å². The summed E-state index contributed by atoms with van der Waals surface area (Å²) >= 11 is 3.42. The average molecular weight is 629 g/mol. The van der Waals surface area contributed by atoms with Crippen molar-refractivity contribution in [2.75, 3.05) is 17.4 Å².